The Labute approximate surface area is 145 Å². The van der Waals surface area contributed by atoms with Crippen molar-refractivity contribution in [3.8, 4) is 0 Å². The van der Waals surface area contributed by atoms with E-state index in [4.69, 9.17) is 12.2 Å². The van der Waals surface area contributed by atoms with Crippen LogP contribution in [-0.2, 0) is 11.2 Å². The third-order valence-electron chi connectivity index (χ3n) is 4.00. The summed E-state index contributed by atoms with van der Waals surface area (Å²) in [6, 6.07) is 2.19. The molecule has 0 saturated carbocycles. The highest BCUT2D eigenvalue weighted by molar-refractivity contribution is 8.26. The zero-order valence-corrected chi connectivity index (χ0v) is 15.0. The standard InChI is InChI=1S/C17H19NOS3/c1-11-3-2-4-12(7-11)5-6-13-8-14(21-10-13)9-15-16(19)18-17(20)22-15/h7-11H,2-6H2,1H3,(H,18,19,20)/b15-9-. The molecule has 2 aliphatic rings. The first kappa shape index (κ1) is 16.0. The number of rotatable bonds is 4. The third kappa shape index (κ3) is 4.09. The molecule has 0 spiro atoms. The van der Waals surface area contributed by atoms with E-state index in [9.17, 15) is 4.79 Å². The Morgan fingerprint density at radius 1 is 1.45 bits per heavy atom. The van der Waals surface area contributed by atoms with Crippen molar-refractivity contribution in [1.29, 1.82) is 0 Å². The summed E-state index contributed by atoms with van der Waals surface area (Å²) in [5.74, 6) is 0.666. The molecule has 2 heterocycles. The molecule has 1 atom stereocenters. The van der Waals surface area contributed by atoms with Gasteiger partial charge in [-0.2, -0.15) is 0 Å². The van der Waals surface area contributed by atoms with Crippen LogP contribution < -0.4 is 5.32 Å². The van der Waals surface area contributed by atoms with Crippen LogP contribution in [0.15, 0.2) is 28.0 Å². The highest BCUT2D eigenvalue weighted by Crippen LogP contribution is 2.29. The number of thioether (sulfide) groups is 1. The number of carbonyl (C=O) groups is 1. The summed E-state index contributed by atoms with van der Waals surface area (Å²) in [7, 11) is 0. The lowest BCUT2D eigenvalue weighted by atomic mass is 9.89. The van der Waals surface area contributed by atoms with E-state index < -0.39 is 0 Å². The molecule has 5 heteroatoms. The Morgan fingerprint density at radius 3 is 3.05 bits per heavy atom. The van der Waals surface area contributed by atoms with E-state index in [0.29, 0.717) is 9.23 Å². The number of hydrogen-bond acceptors (Lipinski definition) is 4. The van der Waals surface area contributed by atoms with Crippen LogP contribution in [0.3, 0.4) is 0 Å². The van der Waals surface area contributed by atoms with Gasteiger partial charge in [0.15, 0.2) is 0 Å². The molecule has 1 aliphatic carbocycles. The second-order valence-corrected chi connectivity index (χ2v) is 8.57. The molecular formula is C17H19NOS3. The van der Waals surface area contributed by atoms with Crippen LogP contribution in [0.4, 0.5) is 0 Å². The molecule has 1 fully saturated rings. The summed E-state index contributed by atoms with van der Waals surface area (Å²) in [4.78, 5) is 13.5. The highest BCUT2D eigenvalue weighted by atomic mass is 32.2. The van der Waals surface area contributed by atoms with Crippen LogP contribution in [0.25, 0.3) is 6.08 Å². The van der Waals surface area contributed by atoms with E-state index in [0.717, 1.165) is 23.6 Å². The van der Waals surface area contributed by atoms with E-state index in [1.165, 1.54) is 36.6 Å². The summed E-state index contributed by atoms with van der Waals surface area (Å²) >= 11 is 8.04. The molecule has 1 saturated heterocycles. The molecule has 3 rings (SSSR count). The van der Waals surface area contributed by atoms with E-state index >= 15 is 0 Å². The van der Waals surface area contributed by atoms with Gasteiger partial charge in [0.2, 0.25) is 0 Å². The van der Waals surface area contributed by atoms with Crippen LogP contribution in [0.1, 0.15) is 43.0 Å². The summed E-state index contributed by atoms with van der Waals surface area (Å²) in [5.41, 5.74) is 2.97. The molecule has 1 aliphatic heterocycles. The van der Waals surface area contributed by atoms with Gasteiger partial charge in [0.05, 0.1) is 4.91 Å². The molecule has 1 N–H and O–H groups in total. The molecular weight excluding hydrogens is 330 g/mol. The van der Waals surface area contributed by atoms with E-state index in [-0.39, 0.29) is 5.91 Å². The number of allylic oxidation sites excluding steroid dienone is 2. The first-order chi connectivity index (χ1) is 10.6. The Morgan fingerprint density at radius 2 is 2.32 bits per heavy atom. The molecule has 0 radical (unpaired) electrons. The van der Waals surface area contributed by atoms with Crippen molar-refractivity contribution in [2.75, 3.05) is 0 Å². The number of hydrogen-bond donors (Lipinski definition) is 1. The average molecular weight is 350 g/mol. The second-order valence-electron chi connectivity index (χ2n) is 5.90. The number of aryl methyl sites for hydroxylation is 1. The Kier molecular flexibility index (Phi) is 5.16. The van der Waals surface area contributed by atoms with Gasteiger partial charge < -0.3 is 5.32 Å². The summed E-state index contributed by atoms with van der Waals surface area (Å²) < 4.78 is 0.548. The van der Waals surface area contributed by atoms with Crippen LogP contribution in [0.5, 0.6) is 0 Å². The van der Waals surface area contributed by atoms with Crippen LogP contribution in [0, 0.1) is 5.92 Å². The van der Waals surface area contributed by atoms with Crippen molar-refractivity contribution in [3.63, 3.8) is 0 Å². The summed E-state index contributed by atoms with van der Waals surface area (Å²) in [6.45, 7) is 2.31. The number of amides is 1. The predicted molar refractivity (Wildman–Crippen MR) is 100 cm³/mol. The normalized spacial score (nSPS) is 23.8. The van der Waals surface area contributed by atoms with Crippen molar-refractivity contribution in [1.82, 2.24) is 5.32 Å². The fraction of sp³-hybridized carbons (Fsp3) is 0.412. The van der Waals surface area contributed by atoms with Gasteiger partial charge in [0, 0.05) is 4.88 Å². The molecule has 2 nitrogen and oxygen atoms in total. The molecule has 116 valence electrons. The minimum absolute atomic E-state index is 0.0775. The zero-order valence-electron chi connectivity index (χ0n) is 12.6. The van der Waals surface area contributed by atoms with Crippen LogP contribution in [0.2, 0.25) is 0 Å². The topological polar surface area (TPSA) is 29.1 Å². The lowest BCUT2D eigenvalue weighted by Gasteiger charge is -2.17. The van der Waals surface area contributed by atoms with Gasteiger partial charge in [-0.3, -0.25) is 4.79 Å². The molecule has 1 unspecified atom stereocenters. The van der Waals surface area contributed by atoms with Gasteiger partial charge in [-0.1, -0.05) is 42.6 Å². The number of nitrogens with one attached hydrogen (secondary N) is 1. The quantitative estimate of drug-likeness (QED) is 0.475. The smallest absolute Gasteiger partial charge is 0.263 e. The third-order valence-corrected chi connectivity index (χ3v) is 6.09. The molecule has 1 aromatic rings. The highest BCUT2D eigenvalue weighted by Gasteiger charge is 2.22. The lowest BCUT2D eigenvalue weighted by Crippen LogP contribution is -2.17. The Hall–Kier alpha value is -0.910. The van der Waals surface area contributed by atoms with Crippen LogP contribution >= 0.6 is 35.3 Å². The number of thiophene rings is 1. The van der Waals surface area contributed by atoms with Gasteiger partial charge in [-0.05, 0) is 61.1 Å². The minimum atomic E-state index is -0.0775. The Balaban J connectivity index is 1.61. The van der Waals surface area contributed by atoms with E-state index in [1.807, 2.05) is 6.08 Å². The van der Waals surface area contributed by atoms with Crippen molar-refractivity contribution in [2.24, 2.45) is 5.92 Å². The average Bonchev–Trinajstić information content (AvgIpc) is 3.04. The van der Waals surface area contributed by atoms with Gasteiger partial charge in [0.25, 0.3) is 5.91 Å². The predicted octanol–water partition coefficient (Wildman–Crippen LogP) is 4.92. The summed E-state index contributed by atoms with van der Waals surface area (Å²) in [5, 5.41) is 4.85. The van der Waals surface area contributed by atoms with Gasteiger partial charge >= 0.3 is 0 Å². The fourth-order valence-corrected chi connectivity index (χ4v) is 4.87. The first-order valence-electron chi connectivity index (χ1n) is 7.62. The van der Waals surface area contributed by atoms with Crippen LogP contribution in [-0.4, -0.2) is 10.2 Å². The van der Waals surface area contributed by atoms with Crippen molar-refractivity contribution < 1.29 is 4.79 Å². The van der Waals surface area contributed by atoms with Gasteiger partial charge in [0.1, 0.15) is 4.32 Å². The monoisotopic (exact) mass is 349 g/mol. The SMILES string of the molecule is CC1C=C(CCc2csc(/C=C3\SC(=S)NC3=O)c2)CCC1. The largest absolute Gasteiger partial charge is 0.307 e. The maximum absolute atomic E-state index is 11.7. The zero-order chi connectivity index (χ0) is 15.5. The number of carbonyl (C=O) groups excluding carboxylic acids is 1. The first-order valence-corrected chi connectivity index (χ1v) is 9.72. The second kappa shape index (κ2) is 7.11. The fourth-order valence-electron chi connectivity index (χ4n) is 2.88. The van der Waals surface area contributed by atoms with E-state index in [2.05, 4.69) is 29.8 Å². The molecule has 22 heavy (non-hydrogen) atoms. The summed E-state index contributed by atoms with van der Waals surface area (Å²) in [6.07, 6.45) is 10.6. The van der Waals surface area contributed by atoms with Crippen molar-refractivity contribution >= 4 is 51.6 Å². The lowest BCUT2D eigenvalue weighted by molar-refractivity contribution is -0.115. The Bertz CT molecular complexity index is 657. The van der Waals surface area contributed by atoms with Gasteiger partial charge in [-0.25, -0.2) is 0 Å². The van der Waals surface area contributed by atoms with Crippen molar-refractivity contribution in [3.05, 3.63) is 38.4 Å². The maximum Gasteiger partial charge on any atom is 0.263 e. The molecule has 0 aromatic carbocycles. The maximum atomic E-state index is 11.7. The molecule has 0 bridgehead atoms. The molecule has 1 amide bonds. The van der Waals surface area contributed by atoms with Crippen molar-refractivity contribution in [2.45, 2.75) is 39.0 Å². The van der Waals surface area contributed by atoms with Gasteiger partial charge in [-0.15, -0.1) is 11.3 Å². The molecule has 1 aromatic heterocycles. The van der Waals surface area contributed by atoms with E-state index in [1.54, 1.807) is 16.9 Å². The number of thiocarbonyl (C=S) groups is 1. The minimum Gasteiger partial charge on any atom is -0.307 e.